The van der Waals surface area contributed by atoms with Gasteiger partial charge in [-0.2, -0.15) is 21.6 Å². The third-order valence-electron chi connectivity index (χ3n) is 2.54. The number of rotatable bonds is 3. The van der Waals surface area contributed by atoms with Crippen molar-refractivity contribution in [3.63, 3.8) is 0 Å². The molecule has 4 nitrogen and oxygen atoms in total. The van der Waals surface area contributed by atoms with Crippen LogP contribution in [-0.4, -0.2) is 13.4 Å². The predicted octanol–water partition coefficient (Wildman–Crippen LogP) is 4.16. The molecule has 0 aliphatic rings. The van der Waals surface area contributed by atoms with Crippen LogP contribution in [0.25, 0.3) is 0 Å². The van der Waals surface area contributed by atoms with Crippen LogP contribution in [0.3, 0.4) is 0 Å². The van der Waals surface area contributed by atoms with Crippen LogP contribution in [-0.2, 0) is 16.4 Å². The van der Waals surface area contributed by atoms with Gasteiger partial charge >= 0.3 is 16.4 Å². The van der Waals surface area contributed by atoms with E-state index in [-0.39, 0.29) is 11.5 Å². The van der Waals surface area contributed by atoms with Crippen molar-refractivity contribution >= 4 is 33.3 Å². The van der Waals surface area contributed by atoms with Gasteiger partial charge in [-0.25, -0.2) is 4.98 Å². The first-order valence-electron chi connectivity index (χ1n) is 5.63. The van der Waals surface area contributed by atoms with Gasteiger partial charge < -0.3 is 5.32 Å². The molecule has 10 heteroatoms. The van der Waals surface area contributed by atoms with Crippen molar-refractivity contribution in [3.8, 4) is 0 Å². The summed E-state index contributed by atoms with van der Waals surface area (Å²) in [6.45, 7) is 0. The summed E-state index contributed by atoms with van der Waals surface area (Å²) in [4.78, 5) is 2.93. The van der Waals surface area contributed by atoms with Crippen LogP contribution in [0.4, 0.5) is 28.6 Å². The Balaban J connectivity index is 2.31. The number of halogens is 5. The van der Waals surface area contributed by atoms with E-state index in [9.17, 15) is 25.5 Å². The maximum atomic E-state index is 12.9. The normalized spacial score (nSPS) is 12.2. The molecule has 0 atom stereocenters. The van der Waals surface area contributed by atoms with E-state index in [1.54, 1.807) is 0 Å². The van der Waals surface area contributed by atoms with Gasteiger partial charge in [0.05, 0.1) is 5.56 Å². The molecule has 0 fully saturated rings. The van der Waals surface area contributed by atoms with Crippen molar-refractivity contribution in [2.75, 3.05) is 5.32 Å². The molecule has 1 N–H and O–H groups in total. The van der Waals surface area contributed by atoms with Crippen LogP contribution >= 0.6 is 11.6 Å². The molecule has 2 aromatic rings. The number of aromatic nitrogens is 1. The summed E-state index contributed by atoms with van der Waals surface area (Å²) in [5.74, 6) is -0.0496. The molecule has 0 radical (unpaired) electrons. The average molecular weight is 355 g/mol. The fraction of sp³-hybridized carbons (Fsp3) is 0.0833. The highest BCUT2D eigenvalue weighted by Gasteiger charge is 2.33. The van der Waals surface area contributed by atoms with E-state index in [1.165, 1.54) is 12.1 Å². The van der Waals surface area contributed by atoms with Crippen molar-refractivity contribution in [2.24, 2.45) is 0 Å². The molecule has 1 aromatic heterocycles. The first kappa shape index (κ1) is 16.5. The lowest BCUT2D eigenvalue weighted by atomic mass is 10.2. The first-order chi connectivity index (χ1) is 10.1. The maximum absolute atomic E-state index is 12.9. The molecule has 0 unspecified atom stereocenters. The van der Waals surface area contributed by atoms with E-state index in [0.29, 0.717) is 0 Å². The molecule has 0 saturated carbocycles. The summed E-state index contributed by atoms with van der Waals surface area (Å²) in [5.41, 5.74) is -0.971. The predicted molar refractivity (Wildman–Crippen MR) is 72.3 cm³/mol. The van der Waals surface area contributed by atoms with E-state index < -0.39 is 32.0 Å². The van der Waals surface area contributed by atoms with Gasteiger partial charge in [0.25, 0.3) is 0 Å². The van der Waals surface area contributed by atoms with Gasteiger partial charge in [0.1, 0.15) is 15.9 Å². The molecule has 0 saturated heterocycles. The Morgan fingerprint density at radius 3 is 2.36 bits per heavy atom. The zero-order valence-electron chi connectivity index (χ0n) is 10.5. The number of hydrogen-bond donors (Lipinski definition) is 1. The first-order valence-corrected chi connectivity index (χ1v) is 7.39. The highest BCUT2D eigenvalue weighted by molar-refractivity contribution is 7.86. The number of alkyl halides is 3. The zero-order chi connectivity index (χ0) is 16.5. The number of nitrogens with one attached hydrogen (secondary N) is 1. The van der Waals surface area contributed by atoms with Crippen molar-refractivity contribution in [1.82, 2.24) is 4.98 Å². The highest BCUT2D eigenvalue weighted by atomic mass is 35.5. The molecule has 0 amide bonds. The van der Waals surface area contributed by atoms with Gasteiger partial charge in [-0.15, -0.1) is 3.89 Å². The van der Waals surface area contributed by atoms with Crippen molar-refractivity contribution in [3.05, 3.63) is 47.1 Å². The van der Waals surface area contributed by atoms with Crippen LogP contribution in [0, 0.1) is 0 Å². The van der Waals surface area contributed by atoms with E-state index in [0.717, 1.165) is 24.3 Å². The zero-order valence-corrected chi connectivity index (χ0v) is 12.1. The Kier molecular flexibility index (Phi) is 4.30. The minimum Gasteiger partial charge on any atom is -0.340 e. The topological polar surface area (TPSA) is 59.1 Å². The molecule has 22 heavy (non-hydrogen) atoms. The lowest BCUT2D eigenvalue weighted by Gasteiger charge is -2.11. The molecule has 0 aliphatic carbocycles. The molecule has 0 spiro atoms. The smallest absolute Gasteiger partial charge is 0.340 e. The van der Waals surface area contributed by atoms with E-state index >= 15 is 0 Å². The summed E-state index contributed by atoms with van der Waals surface area (Å²) >= 11 is 5.46. The van der Waals surface area contributed by atoms with Crippen LogP contribution in [0.1, 0.15) is 5.56 Å². The lowest BCUT2D eigenvalue weighted by Crippen LogP contribution is -2.07. The fourth-order valence-corrected chi connectivity index (χ4v) is 2.36. The molecule has 1 heterocycles. The molecule has 1 aromatic carbocycles. The second-order valence-corrected chi connectivity index (χ2v) is 5.83. The Morgan fingerprint density at radius 1 is 1.14 bits per heavy atom. The summed E-state index contributed by atoms with van der Waals surface area (Å²) in [6.07, 6.45) is -4.63. The minimum atomic E-state index is -4.89. The third-order valence-corrected chi connectivity index (χ3v) is 3.65. The largest absolute Gasteiger partial charge is 0.419 e. The van der Waals surface area contributed by atoms with Gasteiger partial charge in [0, 0.05) is 5.69 Å². The summed E-state index contributed by atoms with van der Waals surface area (Å²) in [7, 11) is -4.89. The van der Waals surface area contributed by atoms with Gasteiger partial charge in [0.15, 0.2) is 0 Å². The van der Waals surface area contributed by atoms with E-state index in [2.05, 4.69) is 10.3 Å². The maximum Gasteiger partial charge on any atom is 0.419 e. The minimum absolute atomic E-state index is 0.0496. The van der Waals surface area contributed by atoms with Gasteiger partial charge in [-0.1, -0.05) is 17.7 Å². The highest BCUT2D eigenvalue weighted by Crippen LogP contribution is 2.34. The summed E-state index contributed by atoms with van der Waals surface area (Å²) in [6, 6.07) is 6.41. The Labute approximate surface area is 128 Å². The van der Waals surface area contributed by atoms with Crippen molar-refractivity contribution in [2.45, 2.75) is 11.1 Å². The molecular formula is C12H7ClF4N2O2S. The Bertz CT molecular complexity index is 809. The second kappa shape index (κ2) is 5.73. The number of pyridine rings is 1. The van der Waals surface area contributed by atoms with Crippen LogP contribution in [0.5, 0.6) is 0 Å². The van der Waals surface area contributed by atoms with Crippen molar-refractivity contribution in [1.29, 1.82) is 0 Å². The average Bonchev–Trinajstić information content (AvgIpc) is 2.36. The van der Waals surface area contributed by atoms with E-state index in [4.69, 9.17) is 11.6 Å². The SMILES string of the molecule is O=S(=O)(F)c1cccc(Nc2ccc(C(F)(F)F)c(Cl)n2)c1. The molecule has 118 valence electrons. The summed E-state index contributed by atoms with van der Waals surface area (Å²) in [5, 5.41) is 1.78. The van der Waals surface area contributed by atoms with Crippen LogP contribution < -0.4 is 5.32 Å². The third kappa shape index (κ3) is 3.86. The fourth-order valence-electron chi connectivity index (χ4n) is 1.59. The van der Waals surface area contributed by atoms with Gasteiger partial charge in [-0.3, -0.25) is 0 Å². The molecular weight excluding hydrogens is 348 g/mol. The Hall–Kier alpha value is -1.87. The number of benzene rings is 1. The molecule has 0 aliphatic heterocycles. The van der Waals surface area contributed by atoms with E-state index in [1.807, 2.05) is 0 Å². The van der Waals surface area contributed by atoms with Crippen LogP contribution in [0.2, 0.25) is 5.15 Å². The molecule has 0 bridgehead atoms. The quantitative estimate of drug-likeness (QED) is 0.511. The second-order valence-electron chi connectivity index (χ2n) is 4.12. The summed E-state index contributed by atoms with van der Waals surface area (Å²) < 4.78 is 72.1. The van der Waals surface area contributed by atoms with Crippen molar-refractivity contribution < 1.29 is 25.5 Å². The van der Waals surface area contributed by atoms with Gasteiger partial charge in [0.2, 0.25) is 0 Å². The lowest BCUT2D eigenvalue weighted by molar-refractivity contribution is -0.137. The number of nitrogens with zero attached hydrogens (tertiary/aromatic N) is 1. The Morgan fingerprint density at radius 2 is 1.82 bits per heavy atom. The number of hydrogen-bond acceptors (Lipinski definition) is 4. The van der Waals surface area contributed by atoms with Crippen LogP contribution in [0.15, 0.2) is 41.3 Å². The standard InChI is InChI=1S/C12H7ClF4N2O2S/c13-11-9(12(14,15)16)4-5-10(19-11)18-7-2-1-3-8(6-7)22(17,20)21/h1-6H,(H,18,19). The van der Waals surface area contributed by atoms with Gasteiger partial charge in [-0.05, 0) is 30.3 Å². The monoisotopic (exact) mass is 354 g/mol. The molecule has 2 rings (SSSR count). The number of anilines is 2.